The number of nitrogens with zero attached hydrogens (tertiary/aromatic N) is 1. The number of methoxy groups -OCH3 is 2. The van der Waals surface area contributed by atoms with Gasteiger partial charge in [0, 0.05) is 33.6 Å². The van der Waals surface area contributed by atoms with Gasteiger partial charge in [0.15, 0.2) is 0 Å². The molecule has 0 radical (unpaired) electrons. The van der Waals surface area contributed by atoms with Crippen LogP contribution in [0.25, 0.3) is 22.2 Å². The number of hydrogen-bond donors (Lipinski definition) is 1. The molecule has 1 atom stereocenters. The zero-order valence-electron chi connectivity index (χ0n) is 20.2. The van der Waals surface area contributed by atoms with Crippen molar-refractivity contribution in [1.29, 1.82) is 0 Å². The summed E-state index contributed by atoms with van der Waals surface area (Å²) in [5, 5.41) is 1.13. The molecule has 1 aliphatic carbocycles. The van der Waals surface area contributed by atoms with Crippen molar-refractivity contribution in [3.05, 3.63) is 83.4 Å². The number of hydrogen-bond acceptors (Lipinski definition) is 3. The smallest absolute Gasteiger partial charge is 0.255 e. The summed E-state index contributed by atoms with van der Waals surface area (Å²) in [7, 11) is 3.37. The third kappa shape index (κ3) is 3.49. The third-order valence-electron chi connectivity index (χ3n) is 7.66. The van der Waals surface area contributed by atoms with Crippen molar-refractivity contribution in [3.63, 3.8) is 0 Å². The molecule has 178 valence electrons. The van der Waals surface area contributed by atoms with Crippen molar-refractivity contribution in [3.8, 4) is 22.8 Å². The van der Waals surface area contributed by atoms with Gasteiger partial charge in [0.2, 0.25) is 0 Å². The van der Waals surface area contributed by atoms with Crippen molar-refractivity contribution in [2.75, 3.05) is 14.2 Å². The molecular formula is C30H30N2O3. The van der Waals surface area contributed by atoms with Crippen LogP contribution in [0, 0.1) is 0 Å². The minimum Gasteiger partial charge on any atom is -0.497 e. The Labute approximate surface area is 205 Å². The fourth-order valence-electron chi connectivity index (χ4n) is 6.04. The van der Waals surface area contributed by atoms with Gasteiger partial charge in [0.25, 0.3) is 5.91 Å². The minimum absolute atomic E-state index is 0.145. The van der Waals surface area contributed by atoms with Crippen LogP contribution in [0.2, 0.25) is 0 Å². The van der Waals surface area contributed by atoms with Crippen LogP contribution in [0.1, 0.15) is 59.6 Å². The molecule has 4 aromatic rings. The molecule has 35 heavy (non-hydrogen) atoms. The second-order valence-corrected chi connectivity index (χ2v) is 9.52. The van der Waals surface area contributed by atoms with Crippen LogP contribution in [0.15, 0.2) is 66.7 Å². The third-order valence-corrected chi connectivity index (χ3v) is 7.66. The Morgan fingerprint density at radius 1 is 0.857 bits per heavy atom. The van der Waals surface area contributed by atoms with E-state index in [1.807, 2.05) is 42.5 Å². The van der Waals surface area contributed by atoms with Gasteiger partial charge >= 0.3 is 0 Å². The molecule has 6 rings (SSSR count). The van der Waals surface area contributed by atoms with Gasteiger partial charge in [-0.3, -0.25) is 4.79 Å². The first-order chi connectivity index (χ1) is 17.2. The summed E-state index contributed by atoms with van der Waals surface area (Å²) in [5.41, 5.74) is 5.96. The van der Waals surface area contributed by atoms with E-state index >= 15 is 0 Å². The molecule has 2 heterocycles. The predicted molar refractivity (Wildman–Crippen MR) is 138 cm³/mol. The first-order valence-electron chi connectivity index (χ1n) is 12.5. The van der Waals surface area contributed by atoms with E-state index in [1.54, 1.807) is 14.2 Å². The summed E-state index contributed by atoms with van der Waals surface area (Å²) in [4.78, 5) is 19.7. The molecule has 0 spiro atoms. The molecule has 5 heteroatoms. The second kappa shape index (κ2) is 8.81. The lowest BCUT2D eigenvalue weighted by Gasteiger charge is -2.36. The molecular weight excluding hydrogens is 436 g/mol. The maximum Gasteiger partial charge on any atom is 0.255 e. The number of aromatic amines is 1. The SMILES string of the molecule is COc1ccc(OC)c(-c2[nH]c3ccccc3c2[C@H]2c3ccccc3C(=O)N2C2CCCCC2)c1. The van der Waals surface area contributed by atoms with Crippen molar-refractivity contribution in [1.82, 2.24) is 9.88 Å². The molecule has 1 saturated carbocycles. The Kier molecular flexibility index (Phi) is 5.48. The Hall–Kier alpha value is -3.73. The van der Waals surface area contributed by atoms with Gasteiger partial charge in [-0.05, 0) is 48.7 Å². The lowest BCUT2D eigenvalue weighted by molar-refractivity contribution is 0.0614. The average molecular weight is 467 g/mol. The van der Waals surface area contributed by atoms with Crippen LogP contribution in [0.3, 0.4) is 0 Å². The molecule has 1 amide bonds. The lowest BCUT2D eigenvalue weighted by Crippen LogP contribution is -2.40. The highest BCUT2D eigenvalue weighted by molar-refractivity contribution is 6.02. The monoisotopic (exact) mass is 466 g/mol. The summed E-state index contributed by atoms with van der Waals surface area (Å²) >= 11 is 0. The molecule has 0 saturated heterocycles. The van der Waals surface area contributed by atoms with Gasteiger partial charge in [-0.25, -0.2) is 0 Å². The van der Waals surface area contributed by atoms with Gasteiger partial charge in [0.1, 0.15) is 11.5 Å². The van der Waals surface area contributed by atoms with Gasteiger partial charge in [-0.15, -0.1) is 0 Å². The standard InChI is InChI=1S/C30H30N2O3/c1-34-20-16-17-26(35-2)24(18-20)28-27(23-14-8-9-15-25(23)31-28)29-21-12-6-7-13-22(21)30(33)32(29)19-10-4-3-5-11-19/h6-9,12-19,29,31H,3-5,10-11H2,1-2H3/t29-/m1/s1. The molecule has 0 bridgehead atoms. The number of nitrogens with one attached hydrogen (secondary N) is 1. The van der Waals surface area contributed by atoms with E-state index in [-0.39, 0.29) is 18.0 Å². The second-order valence-electron chi connectivity index (χ2n) is 9.52. The largest absolute Gasteiger partial charge is 0.497 e. The molecule has 1 fully saturated rings. The van der Waals surface area contributed by atoms with Crippen molar-refractivity contribution in [2.45, 2.75) is 44.2 Å². The minimum atomic E-state index is -0.163. The number of aromatic nitrogens is 1. The number of rotatable bonds is 5. The van der Waals surface area contributed by atoms with E-state index in [2.05, 4.69) is 34.1 Å². The van der Waals surface area contributed by atoms with Gasteiger partial charge in [-0.1, -0.05) is 55.7 Å². The zero-order chi connectivity index (χ0) is 23.9. The van der Waals surface area contributed by atoms with Gasteiger partial charge in [0.05, 0.1) is 26.0 Å². The highest BCUT2D eigenvalue weighted by atomic mass is 16.5. The molecule has 1 N–H and O–H groups in total. The van der Waals surface area contributed by atoms with Crippen molar-refractivity contribution >= 4 is 16.8 Å². The lowest BCUT2D eigenvalue weighted by atomic mass is 9.89. The number of fused-ring (bicyclic) bond motifs is 2. The molecule has 0 unspecified atom stereocenters. The maximum absolute atomic E-state index is 13.9. The molecule has 5 nitrogen and oxygen atoms in total. The number of amides is 1. The van der Waals surface area contributed by atoms with E-state index in [0.717, 1.165) is 63.2 Å². The van der Waals surface area contributed by atoms with E-state index < -0.39 is 0 Å². The van der Waals surface area contributed by atoms with Gasteiger partial charge < -0.3 is 19.4 Å². The van der Waals surface area contributed by atoms with E-state index in [1.165, 1.54) is 19.3 Å². The number of para-hydroxylation sites is 1. The van der Waals surface area contributed by atoms with Crippen LogP contribution in [0.4, 0.5) is 0 Å². The Morgan fingerprint density at radius 3 is 2.43 bits per heavy atom. The zero-order valence-corrected chi connectivity index (χ0v) is 20.2. The average Bonchev–Trinajstić information content (AvgIpc) is 3.43. The van der Waals surface area contributed by atoms with Crippen LogP contribution in [-0.2, 0) is 0 Å². The maximum atomic E-state index is 13.9. The highest BCUT2D eigenvalue weighted by Crippen LogP contribution is 2.49. The normalized spacial score (nSPS) is 18.2. The van der Waals surface area contributed by atoms with Gasteiger partial charge in [-0.2, -0.15) is 0 Å². The summed E-state index contributed by atoms with van der Waals surface area (Å²) in [5.74, 6) is 1.67. The van der Waals surface area contributed by atoms with Crippen LogP contribution < -0.4 is 9.47 Å². The molecule has 1 aliphatic heterocycles. The Bertz CT molecular complexity index is 1400. The quantitative estimate of drug-likeness (QED) is 0.355. The van der Waals surface area contributed by atoms with E-state index in [0.29, 0.717) is 0 Å². The topological polar surface area (TPSA) is 54.6 Å². The van der Waals surface area contributed by atoms with E-state index in [9.17, 15) is 4.79 Å². The molecule has 2 aliphatic rings. The number of H-pyrrole nitrogens is 1. The summed E-state index contributed by atoms with van der Waals surface area (Å²) < 4.78 is 11.4. The fourth-order valence-corrected chi connectivity index (χ4v) is 6.04. The van der Waals surface area contributed by atoms with Crippen LogP contribution in [-0.4, -0.2) is 36.1 Å². The van der Waals surface area contributed by atoms with Crippen molar-refractivity contribution < 1.29 is 14.3 Å². The first kappa shape index (κ1) is 21.8. The molecule has 3 aromatic carbocycles. The Morgan fingerprint density at radius 2 is 1.63 bits per heavy atom. The summed E-state index contributed by atoms with van der Waals surface area (Å²) in [6, 6.07) is 22.4. The number of carbonyl (C=O) groups excluding carboxylic acids is 1. The van der Waals surface area contributed by atoms with Crippen LogP contribution in [0.5, 0.6) is 11.5 Å². The van der Waals surface area contributed by atoms with Crippen molar-refractivity contribution in [2.24, 2.45) is 0 Å². The summed E-state index contributed by atoms with van der Waals surface area (Å²) in [6.07, 6.45) is 5.69. The highest BCUT2D eigenvalue weighted by Gasteiger charge is 2.43. The number of carbonyl (C=O) groups is 1. The predicted octanol–water partition coefficient (Wildman–Crippen LogP) is 6.73. The van der Waals surface area contributed by atoms with Crippen LogP contribution >= 0.6 is 0 Å². The fraction of sp³-hybridized carbons (Fsp3) is 0.300. The molecule has 1 aromatic heterocycles. The Balaban J connectivity index is 1.64. The van der Waals surface area contributed by atoms with E-state index in [4.69, 9.17) is 9.47 Å². The first-order valence-corrected chi connectivity index (χ1v) is 12.5. The number of benzene rings is 3. The number of ether oxygens (including phenoxy) is 2. The summed E-state index contributed by atoms with van der Waals surface area (Å²) in [6.45, 7) is 0.